The van der Waals surface area contributed by atoms with E-state index in [1.165, 1.54) is 31.7 Å². The van der Waals surface area contributed by atoms with E-state index in [2.05, 4.69) is 11.8 Å². The fourth-order valence-electron chi connectivity index (χ4n) is 3.14. The highest BCUT2D eigenvalue weighted by Crippen LogP contribution is 2.25. The van der Waals surface area contributed by atoms with Gasteiger partial charge in [-0.1, -0.05) is 31.9 Å². The second kappa shape index (κ2) is 7.19. The molecular formula is C17H26FNO. The lowest BCUT2D eigenvalue weighted by Crippen LogP contribution is -2.34. The summed E-state index contributed by atoms with van der Waals surface area (Å²) >= 11 is 0. The first-order valence-electron chi connectivity index (χ1n) is 7.80. The molecule has 1 aromatic carbocycles. The van der Waals surface area contributed by atoms with Crippen LogP contribution in [0.25, 0.3) is 0 Å². The van der Waals surface area contributed by atoms with Crippen molar-refractivity contribution in [2.24, 2.45) is 0 Å². The van der Waals surface area contributed by atoms with Gasteiger partial charge in [-0.3, -0.25) is 0 Å². The Labute approximate surface area is 121 Å². The molecule has 1 unspecified atom stereocenters. The van der Waals surface area contributed by atoms with Gasteiger partial charge in [-0.15, -0.1) is 0 Å². The van der Waals surface area contributed by atoms with Crippen molar-refractivity contribution in [3.8, 4) is 0 Å². The van der Waals surface area contributed by atoms with Crippen LogP contribution in [0.2, 0.25) is 0 Å². The van der Waals surface area contributed by atoms with E-state index in [0.717, 1.165) is 13.1 Å². The van der Waals surface area contributed by atoms with Gasteiger partial charge in [0.1, 0.15) is 5.82 Å². The van der Waals surface area contributed by atoms with E-state index in [-0.39, 0.29) is 5.82 Å². The molecule has 2 nitrogen and oxygen atoms in total. The highest BCUT2D eigenvalue weighted by Gasteiger charge is 2.22. The van der Waals surface area contributed by atoms with Crippen LogP contribution in [0.4, 0.5) is 4.39 Å². The Balaban J connectivity index is 1.89. The molecule has 1 N–H and O–H groups in total. The molecule has 0 heterocycles. The zero-order valence-electron chi connectivity index (χ0n) is 12.6. The van der Waals surface area contributed by atoms with Crippen LogP contribution in [-0.4, -0.2) is 29.1 Å². The fourth-order valence-corrected chi connectivity index (χ4v) is 3.14. The molecule has 3 heteroatoms. The van der Waals surface area contributed by atoms with Crippen molar-refractivity contribution in [3.63, 3.8) is 0 Å². The van der Waals surface area contributed by atoms with E-state index >= 15 is 0 Å². The van der Waals surface area contributed by atoms with Crippen LogP contribution >= 0.6 is 0 Å². The average Bonchev–Trinajstić information content (AvgIpc) is 2.96. The second-order valence-corrected chi connectivity index (χ2v) is 5.88. The molecule has 0 bridgehead atoms. The van der Waals surface area contributed by atoms with Gasteiger partial charge < -0.3 is 10.0 Å². The Hall–Kier alpha value is -0.930. The maximum Gasteiger partial charge on any atom is 0.126 e. The summed E-state index contributed by atoms with van der Waals surface area (Å²) in [7, 11) is 0. The van der Waals surface area contributed by atoms with Gasteiger partial charge >= 0.3 is 0 Å². The number of aryl methyl sites for hydroxylation is 1. The minimum absolute atomic E-state index is 0.232. The Bertz CT molecular complexity index is 429. The van der Waals surface area contributed by atoms with Gasteiger partial charge in [0.25, 0.3) is 0 Å². The Kier molecular flexibility index (Phi) is 5.55. The summed E-state index contributed by atoms with van der Waals surface area (Å²) in [6.45, 7) is 5.83. The van der Waals surface area contributed by atoms with Crippen LogP contribution in [0.1, 0.15) is 56.3 Å². The number of aliphatic hydroxyl groups is 1. The number of hydrogen-bond acceptors (Lipinski definition) is 2. The summed E-state index contributed by atoms with van der Waals surface area (Å²) in [5, 5.41) is 10.2. The van der Waals surface area contributed by atoms with Gasteiger partial charge in [0.2, 0.25) is 0 Å². The molecule has 20 heavy (non-hydrogen) atoms. The third-order valence-corrected chi connectivity index (χ3v) is 4.52. The molecular weight excluding hydrogens is 253 g/mol. The zero-order valence-corrected chi connectivity index (χ0v) is 12.6. The first-order chi connectivity index (χ1) is 9.61. The quantitative estimate of drug-likeness (QED) is 0.855. The van der Waals surface area contributed by atoms with E-state index in [4.69, 9.17) is 0 Å². The first kappa shape index (κ1) is 15.5. The molecule has 0 radical (unpaired) electrons. The van der Waals surface area contributed by atoms with Crippen LogP contribution in [0.3, 0.4) is 0 Å². The van der Waals surface area contributed by atoms with Crippen molar-refractivity contribution in [2.45, 2.75) is 58.1 Å². The molecule has 1 fully saturated rings. The number of aliphatic hydroxyl groups excluding tert-OH is 1. The molecule has 0 saturated heterocycles. The monoisotopic (exact) mass is 279 g/mol. The Morgan fingerprint density at radius 2 is 2.05 bits per heavy atom. The van der Waals surface area contributed by atoms with E-state index in [0.29, 0.717) is 23.6 Å². The van der Waals surface area contributed by atoms with Crippen molar-refractivity contribution in [1.82, 2.24) is 4.90 Å². The SMILES string of the molecule is CCN(CCC(O)c1ccc(C)c(F)c1)C1CCCC1. The van der Waals surface area contributed by atoms with Crippen LogP contribution in [0.15, 0.2) is 18.2 Å². The lowest BCUT2D eigenvalue weighted by Gasteiger charge is -2.28. The van der Waals surface area contributed by atoms with E-state index in [1.807, 2.05) is 6.07 Å². The lowest BCUT2D eigenvalue weighted by atomic mass is 10.0. The molecule has 1 saturated carbocycles. The van der Waals surface area contributed by atoms with E-state index < -0.39 is 6.10 Å². The Morgan fingerprint density at radius 3 is 2.65 bits per heavy atom. The summed E-state index contributed by atoms with van der Waals surface area (Å²) in [5.41, 5.74) is 1.32. The summed E-state index contributed by atoms with van der Waals surface area (Å²) in [6.07, 6.45) is 5.32. The Morgan fingerprint density at radius 1 is 1.35 bits per heavy atom. The highest BCUT2D eigenvalue weighted by atomic mass is 19.1. The van der Waals surface area contributed by atoms with Crippen LogP contribution in [0, 0.1) is 12.7 Å². The summed E-state index contributed by atoms with van der Waals surface area (Å²) in [4.78, 5) is 2.46. The molecule has 1 aliphatic rings. The van der Waals surface area contributed by atoms with Gasteiger partial charge in [-0.2, -0.15) is 0 Å². The predicted molar refractivity (Wildman–Crippen MR) is 80.2 cm³/mol. The number of hydrogen-bond donors (Lipinski definition) is 1. The van der Waals surface area contributed by atoms with Crippen molar-refractivity contribution in [1.29, 1.82) is 0 Å². The third kappa shape index (κ3) is 3.80. The van der Waals surface area contributed by atoms with E-state index in [9.17, 15) is 9.50 Å². The van der Waals surface area contributed by atoms with Crippen molar-refractivity contribution < 1.29 is 9.50 Å². The normalized spacial score (nSPS) is 17.9. The zero-order chi connectivity index (χ0) is 14.5. The van der Waals surface area contributed by atoms with Gasteiger partial charge in [0.05, 0.1) is 6.10 Å². The standard InChI is InChI=1S/C17H26FNO/c1-3-19(15-6-4-5-7-15)11-10-17(20)14-9-8-13(2)16(18)12-14/h8-9,12,15,17,20H,3-7,10-11H2,1-2H3. The van der Waals surface area contributed by atoms with Gasteiger partial charge in [0, 0.05) is 12.6 Å². The molecule has 0 aliphatic heterocycles. The minimum atomic E-state index is -0.569. The van der Waals surface area contributed by atoms with Crippen molar-refractivity contribution in [2.75, 3.05) is 13.1 Å². The average molecular weight is 279 g/mol. The number of benzene rings is 1. The molecule has 2 rings (SSSR count). The van der Waals surface area contributed by atoms with Crippen molar-refractivity contribution >= 4 is 0 Å². The van der Waals surface area contributed by atoms with Crippen LogP contribution in [-0.2, 0) is 0 Å². The van der Waals surface area contributed by atoms with E-state index in [1.54, 1.807) is 13.0 Å². The molecule has 1 atom stereocenters. The lowest BCUT2D eigenvalue weighted by molar-refractivity contribution is 0.126. The third-order valence-electron chi connectivity index (χ3n) is 4.52. The van der Waals surface area contributed by atoms with Gasteiger partial charge in [-0.05, 0) is 49.9 Å². The van der Waals surface area contributed by atoms with Crippen LogP contribution in [0.5, 0.6) is 0 Å². The molecule has 112 valence electrons. The number of nitrogens with zero attached hydrogens (tertiary/aromatic N) is 1. The minimum Gasteiger partial charge on any atom is -0.388 e. The predicted octanol–water partition coefficient (Wildman–Crippen LogP) is 3.82. The first-order valence-corrected chi connectivity index (χ1v) is 7.80. The maximum absolute atomic E-state index is 13.5. The molecule has 1 aliphatic carbocycles. The van der Waals surface area contributed by atoms with Gasteiger partial charge in [0.15, 0.2) is 0 Å². The fraction of sp³-hybridized carbons (Fsp3) is 0.647. The van der Waals surface area contributed by atoms with Crippen molar-refractivity contribution in [3.05, 3.63) is 35.1 Å². The topological polar surface area (TPSA) is 23.5 Å². The molecule has 0 spiro atoms. The smallest absolute Gasteiger partial charge is 0.126 e. The second-order valence-electron chi connectivity index (χ2n) is 5.88. The molecule has 1 aromatic rings. The maximum atomic E-state index is 13.5. The highest BCUT2D eigenvalue weighted by molar-refractivity contribution is 5.24. The summed E-state index contributed by atoms with van der Waals surface area (Å²) in [6, 6.07) is 5.71. The summed E-state index contributed by atoms with van der Waals surface area (Å²) in [5.74, 6) is -0.232. The van der Waals surface area contributed by atoms with Crippen LogP contribution < -0.4 is 0 Å². The molecule has 0 aromatic heterocycles. The number of halogens is 1. The number of rotatable bonds is 6. The summed E-state index contributed by atoms with van der Waals surface area (Å²) < 4.78 is 13.5. The largest absolute Gasteiger partial charge is 0.388 e. The van der Waals surface area contributed by atoms with Gasteiger partial charge in [-0.25, -0.2) is 4.39 Å². The molecule has 0 amide bonds.